The molecular weight excluding hydrogens is 222 g/mol. The molecule has 0 amide bonds. The van der Waals surface area contributed by atoms with E-state index in [0.717, 1.165) is 16.6 Å². The average Bonchev–Trinajstić information content (AvgIpc) is 2.27. The fourth-order valence-corrected chi connectivity index (χ4v) is 1.56. The van der Waals surface area contributed by atoms with Crippen LogP contribution in [0.2, 0.25) is 0 Å². The summed E-state index contributed by atoms with van der Waals surface area (Å²) in [7, 11) is 1.59. The number of ether oxygens (including phenoxy) is 1. The molecule has 1 heterocycles. The van der Waals surface area contributed by atoms with Crippen molar-refractivity contribution in [3.8, 4) is 5.88 Å². The second-order valence-corrected chi connectivity index (χ2v) is 3.69. The smallest absolute Gasteiger partial charge is 0.213 e. The summed E-state index contributed by atoms with van der Waals surface area (Å²) in [5.41, 5.74) is 7.12. The van der Waals surface area contributed by atoms with E-state index < -0.39 is 0 Å². The molecule has 1 aromatic heterocycles. The number of nitrogens with one attached hydrogen (secondary N) is 1. The lowest BCUT2D eigenvalue weighted by molar-refractivity contribution is 0.399. The van der Waals surface area contributed by atoms with Crippen molar-refractivity contribution in [1.29, 1.82) is 0 Å². The van der Waals surface area contributed by atoms with Crippen molar-refractivity contribution in [3.63, 3.8) is 0 Å². The number of fused-ring (bicyclic) bond motifs is 1. The number of aromatic nitrogens is 1. The van der Waals surface area contributed by atoms with Gasteiger partial charge in [-0.15, -0.1) is 0 Å². The Morgan fingerprint density at radius 3 is 2.88 bits per heavy atom. The number of nitrogens with zero attached hydrogens (tertiary/aromatic N) is 1. The molecular formula is C11H11N3OS. The first-order valence-electron chi connectivity index (χ1n) is 4.70. The molecule has 0 spiro atoms. The van der Waals surface area contributed by atoms with E-state index in [2.05, 4.69) is 10.3 Å². The first-order valence-corrected chi connectivity index (χ1v) is 5.11. The van der Waals surface area contributed by atoms with Crippen molar-refractivity contribution in [2.45, 2.75) is 0 Å². The van der Waals surface area contributed by atoms with Gasteiger partial charge in [0.1, 0.15) is 0 Å². The number of hydrogen-bond donors (Lipinski definition) is 2. The molecule has 2 rings (SSSR count). The van der Waals surface area contributed by atoms with Crippen molar-refractivity contribution in [3.05, 3.63) is 30.3 Å². The van der Waals surface area contributed by atoms with Gasteiger partial charge in [-0.25, -0.2) is 4.98 Å². The van der Waals surface area contributed by atoms with Crippen LogP contribution in [0.5, 0.6) is 5.88 Å². The first kappa shape index (κ1) is 10.6. The lowest BCUT2D eigenvalue weighted by Gasteiger charge is -2.05. The van der Waals surface area contributed by atoms with Crippen molar-refractivity contribution in [2.24, 2.45) is 5.73 Å². The van der Waals surface area contributed by atoms with Crippen LogP contribution in [0.3, 0.4) is 0 Å². The third kappa shape index (κ3) is 2.20. The second kappa shape index (κ2) is 4.32. The largest absolute Gasteiger partial charge is 0.481 e. The maximum atomic E-state index is 5.40. The van der Waals surface area contributed by atoms with E-state index in [-0.39, 0.29) is 5.11 Å². The van der Waals surface area contributed by atoms with Crippen LogP contribution in [0.4, 0.5) is 5.69 Å². The number of methoxy groups -OCH3 is 1. The topological polar surface area (TPSA) is 60.2 Å². The average molecular weight is 233 g/mol. The predicted molar refractivity (Wildman–Crippen MR) is 68.7 cm³/mol. The SMILES string of the molecule is COc1ccc2cc(NC(N)=S)ccc2n1. The van der Waals surface area contributed by atoms with Crippen molar-refractivity contribution < 1.29 is 4.74 Å². The molecule has 0 aliphatic heterocycles. The molecule has 5 heteroatoms. The Bertz CT molecular complexity index is 542. The molecule has 0 aliphatic rings. The first-order chi connectivity index (χ1) is 7.69. The number of thiocarbonyl (C=S) groups is 1. The summed E-state index contributed by atoms with van der Waals surface area (Å²) in [6.07, 6.45) is 0. The predicted octanol–water partition coefficient (Wildman–Crippen LogP) is 1.90. The minimum atomic E-state index is 0.251. The van der Waals surface area contributed by atoms with E-state index in [1.54, 1.807) is 7.11 Å². The molecule has 0 saturated heterocycles. The maximum Gasteiger partial charge on any atom is 0.213 e. The zero-order valence-electron chi connectivity index (χ0n) is 8.73. The molecule has 0 bridgehead atoms. The molecule has 4 nitrogen and oxygen atoms in total. The van der Waals surface area contributed by atoms with E-state index in [1.807, 2.05) is 30.3 Å². The highest BCUT2D eigenvalue weighted by atomic mass is 32.1. The lowest BCUT2D eigenvalue weighted by atomic mass is 10.2. The number of pyridine rings is 1. The third-order valence-corrected chi connectivity index (χ3v) is 2.24. The standard InChI is InChI=1S/C11H11N3OS/c1-15-10-5-2-7-6-8(13-11(12)16)3-4-9(7)14-10/h2-6H,1H3,(H3,12,13,16). The van der Waals surface area contributed by atoms with Gasteiger partial charge < -0.3 is 15.8 Å². The minimum Gasteiger partial charge on any atom is -0.481 e. The Hall–Kier alpha value is -1.88. The van der Waals surface area contributed by atoms with E-state index in [1.165, 1.54) is 0 Å². The van der Waals surface area contributed by atoms with Gasteiger partial charge in [-0.3, -0.25) is 0 Å². The molecule has 16 heavy (non-hydrogen) atoms. The summed E-state index contributed by atoms with van der Waals surface area (Å²) in [5.74, 6) is 0.600. The zero-order valence-corrected chi connectivity index (χ0v) is 9.54. The fraction of sp³-hybridized carbons (Fsp3) is 0.0909. The summed E-state index contributed by atoms with van der Waals surface area (Å²) in [6.45, 7) is 0. The van der Waals surface area contributed by atoms with Crippen LogP contribution in [0.25, 0.3) is 10.9 Å². The van der Waals surface area contributed by atoms with Crippen LogP contribution in [0, 0.1) is 0 Å². The molecule has 0 unspecified atom stereocenters. The number of hydrogen-bond acceptors (Lipinski definition) is 3. The van der Waals surface area contributed by atoms with Gasteiger partial charge in [0, 0.05) is 17.1 Å². The lowest BCUT2D eigenvalue weighted by Crippen LogP contribution is -2.18. The van der Waals surface area contributed by atoms with Crippen molar-refractivity contribution in [2.75, 3.05) is 12.4 Å². The normalized spacial score (nSPS) is 10.1. The Labute approximate surface area is 98.4 Å². The Kier molecular flexibility index (Phi) is 2.87. The highest BCUT2D eigenvalue weighted by molar-refractivity contribution is 7.80. The molecule has 0 radical (unpaired) electrons. The van der Waals surface area contributed by atoms with Crippen molar-refractivity contribution >= 4 is 33.9 Å². The summed E-state index contributed by atoms with van der Waals surface area (Å²) < 4.78 is 5.05. The molecule has 0 atom stereocenters. The van der Waals surface area contributed by atoms with Gasteiger partial charge in [0.05, 0.1) is 12.6 Å². The second-order valence-electron chi connectivity index (χ2n) is 3.25. The summed E-state index contributed by atoms with van der Waals surface area (Å²) in [6, 6.07) is 9.44. The van der Waals surface area contributed by atoms with E-state index >= 15 is 0 Å². The van der Waals surface area contributed by atoms with Gasteiger partial charge in [-0.1, -0.05) is 0 Å². The van der Waals surface area contributed by atoms with Crippen LogP contribution in [-0.4, -0.2) is 17.2 Å². The van der Waals surface area contributed by atoms with Crippen LogP contribution >= 0.6 is 12.2 Å². The number of anilines is 1. The van der Waals surface area contributed by atoms with Gasteiger partial charge >= 0.3 is 0 Å². The quantitative estimate of drug-likeness (QED) is 0.776. The molecule has 3 N–H and O–H groups in total. The molecule has 1 aromatic carbocycles. The van der Waals surface area contributed by atoms with Gasteiger partial charge in [-0.05, 0) is 36.5 Å². The maximum absolute atomic E-state index is 5.40. The number of rotatable bonds is 2. The van der Waals surface area contributed by atoms with Crippen LogP contribution < -0.4 is 15.8 Å². The summed E-state index contributed by atoms with van der Waals surface area (Å²) in [4.78, 5) is 4.30. The van der Waals surface area contributed by atoms with E-state index in [4.69, 9.17) is 22.7 Å². The molecule has 0 fully saturated rings. The van der Waals surface area contributed by atoms with Gasteiger partial charge in [-0.2, -0.15) is 0 Å². The van der Waals surface area contributed by atoms with E-state index in [9.17, 15) is 0 Å². The number of nitrogens with two attached hydrogens (primary N) is 1. The van der Waals surface area contributed by atoms with Gasteiger partial charge in [0.2, 0.25) is 5.88 Å². The van der Waals surface area contributed by atoms with Crippen molar-refractivity contribution in [1.82, 2.24) is 4.98 Å². The summed E-state index contributed by atoms with van der Waals surface area (Å²) >= 11 is 4.77. The molecule has 0 aliphatic carbocycles. The minimum absolute atomic E-state index is 0.251. The number of benzene rings is 1. The molecule has 0 saturated carbocycles. The monoisotopic (exact) mass is 233 g/mol. The Morgan fingerprint density at radius 1 is 1.38 bits per heavy atom. The van der Waals surface area contributed by atoms with Crippen LogP contribution in [0.1, 0.15) is 0 Å². The van der Waals surface area contributed by atoms with Gasteiger partial charge in [0.15, 0.2) is 5.11 Å². The molecule has 82 valence electrons. The third-order valence-electron chi connectivity index (χ3n) is 2.14. The zero-order chi connectivity index (χ0) is 11.5. The van der Waals surface area contributed by atoms with Crippen LogP contribution in [-0.2, 0) is 0 Å². The Morgan fingerprint density at radius 2 is 2.19 bits per heavy atom. The molecule has 2 aromatic rings. The highest BCUT2D eigenvalue weighted by Crippen LogP contribution is 2.20. The van der Waals surface area contributed by atoms with Gasteiger partial charge in [0.25, 0.3) is 0 Å². The highest BCUT2D eigenvalue weighted by Gasteiger charge is 2.00. The van der Waals surface area contributed by atoms with Crippen LogP contribution in [0.15, 0.2) is 30.3 Å². The van der Waals surface area contributed by atoms with E-state index in [0.29, 0.717) is 5.88 Å². The summed E-state index contributed by atoms with van der Waals surface area (Å²) in [5, 5.41) is 4.13. The fourth-order valence-electron chi connectivity index (χ4n) is 1.44. The Balaban J connectivity index is 2.43.